The zero-order valence-corrected chi connectivity index (χ0v) is 18.9. The third kappa shape index (κ3) is 17.3. The standard InChI is InChI=1S/C10H14O.C7H8.C6H16N2.C2H4/c1-8(2)9-4-6-10(11-3)7-5-9;1-7-5-3-2-4-6-7;1-3-4-8-6-5-7-2;1-2/h4-8H,1-3H3;2-6H,1H3;7-8H,3-6H2,1-2H3;1-2H2. The second-order valence-corrected chi connectivity index (χ2v) is 6.44. The van der Waals surface area contributed by atoms with E-state index >= 15 is 0 Å². The van der Waals surface area contributed by atoms with Crippen molar-refractivity contribution in [3.8, 4) is 5.75 Å². The van der Waals surface area contributed by atoms with Crippen LogP contribution in [0.4, 0.5) is 0 Å². The maximum Gasteiger partial charge on any atom is 0.118 e. The Bertz CT molecular complexity index is 532. The van der Waals surface area contributed by atoms with Crippen LogP contribution in [-0.4, -0.2) is 33.8 Å². The number of benzene rings is 2. The van der Waals surface area contributed by atoms with Gasteiger partial charge in [0.25, 0.3) is 0 Å². The molecule has 0 saturated carbocycles. The number of nitrogens with one attached hydrogen (secondary N) is 2. The van der Waals surface area contributed by atoms with Gasteiger partial charge in [0.1, 0.15) is 5.75 Å². The highest BCUT2D eigenvalue weighted by molar-refractivity contribution is 5.28. The topological polar surface area (TPSA) is 33.3 Å². The lowest BCUT2D eigenvalue weighted by Gasteiger charge is -2.05. The minimum atomic E-state index is 0.598. The maximum absolute atomic E-state index is 5.05. The summed E-state index contributed by atoms with van der Waals surface area (Å²) in [6, 6.07) is 18.5. The van der Waals surface area contributed by atoms with Gasteiger partial charge in [0.05, 0.1) is 7.11 Å². The summed E-state index contributed by atoms with van der Waals surface area (Å²) in [5.41, 5.74) is 2.67. The quantitative estimate of drug-likeness (QED) is 0.464. The molecule has 0 radical (unpaired) electrons. The number of rotatable bonds is 7. The summed E-state index contributed by atoms with van der Waals surface area (Å²) in [7, 11) is 3.65. The first-order chi connectivity index (χ1) is 13.5. The molecule has 28 heavy (non-hydrogen) atoms. The van der Waals surface area contributed by atoms with Gasteiger partial charge in [-0.25, -0.2) is 0 Å². The van der Waals surface area contributed by atoms with Crippen LogP contribution in [0.1, 0.15) is 44.2 Å². The van der Waals surface area contributed by atoms with E-state index in [-0.39, 0.29) is 0 Å². The van der Waals surface area contributed by atoms with Gasteiger partial charge in [-0.1, -0.05) is 68.8 Å². The molecule has 2 rings (SSSR count). The zero-order chi connectivity index (χ0) is 21.6. The molecule has 0 saturated heterocycles. The van der Waals surface area contributed by atoms with Gasteiger partial charge in [-0.2, -0.15) is 0 Å². The van der Waals surface area contributed by atoms with Crippen LogP contribution >= 0.6 is 0 Å². The van der Waals surface area contributed by atoms with Crippen molar-refractivity contribution in [2.75, 3.05) is 33.8 Å². The van der Waals surface area contributed by atoms with Gasteiger partial charge < -0.3 is 15.4 Å². The van der Waals surface area contributed by atoms with Crippen molar-refractivity contribution in [3.05, 3.63) is 78.9 Å². The van der Waals surface area contributed by atoms with Crippen molar-refractivity contribution in [1.29, 1.82) is 0 Å². The number of hydrogen-bond donors (Lipinski definition) is 2. The highest BCUT2D eigenvalue weighted by Crippen LogP contribution is 2.17. The molecule has 2 N–H and O–H groups in total. The van der Waals surface area contributed by atoms with E-state index in [1.807, 2.05) is 37.4 Å². The van der Waals surface area contributed by atoms with Crippen molar-refractivity contribution in [3.63, 3.8) is 0 Å². The minimum absolute atomic E-state index is 0.598. The third-order valence-electron chi connectivity index (χ3n) is 3.70. The fraction of sp³-hybridized carbons (Fsp3) is 0.440. The Morgan fingerprint density at radius 3 is 1.82 bits per heavy atom. The summed E-state index contributed by atoms with van der Waals surface area (Å²) >= 11 is 0. The Kier molecular flexibility index (Phi) is 21.3. The summed E-state index contributed by atoms with van der Waals surface area (Å²) in [6.07, 6.45) is 1.23. The molecule has 2 aromatic rings. The van der Waals surface area contributed by atoms with Crippen LogP contribution < -0.4 is 15.4 Å². The Hall–Kier alpha value is -2.10. The molecule has 2 aromatic carbocycles. The molecular weight excluding hydrogens is 344 g/mol. The van der Waals surface area contributed by atoms with Crippen LogP contribution in [0.2, 0.25) is 0 Å². The molecule has 0 fully saturated rings. The fourth-order valence-corrected chi connectivity index (χ4v) is 2.04. The van der Waals surface area contributed by atoms with Gasteiger partial charge in [0, 0.05) is 13.1 Å². The largest absolute Gasteiger partial charge is 0.497 e. The summed E-state index contributed by atoms with van der Waals surface area (Å²) < 4.78 is 5.05. The van der Waals surface area contributed by atoms with Gasteiger partial charge in [0.2, 0.25) is 0 Å². The van der Waals surface area contributed by atoms with Crippen LogP contribution in [0.3, 0.4) is 0 Å². The molecule has 0 unspecified atom stereocenters. The predicted molar refractivity (Wildman–Crippen MR) is 127 cm³/mol. The lowest BCUT2D eigenvalue weighted by Crippen LogP contribution is -2.25. The SMILES string of the molecule is C=C.CCCNCCNC.COc1ccc(C(C)C)cc1.Cc1ccccc1. The average Bonchev–Trinajstić information content (AvgIpc) is 2.74. The number of hydrogen-bond acceptors (Lipinski definition) is 3. The van der Waals surface area contributed by atoms with E-state index < -0.39 is 0 Å². The molecule has 0 heterocycles. The van der Waals surface area contributed by atoms with Crippen LogP contribution in [0.5, 0.6) is 5.75 Å². The Labute approximate surface area is 174 Å². The van der Waals surface area contributed by atoms with Crippen molar-refractivity contribution in [2.45, 2.75) is 40.0 Å². The van der Waals surface area contributed by atoms with E-state index in [9.17, 15) is 0 Å². The first-order valence-electron chi connectivity index (χ1n) is 10.1. The molecule has 0 aliphatic carbocycles. The molecular formula is C25H42N2O. The molecule has 0 bridgehead atoms. The zero-order valence-electron chi connectivity index (χ0n) is 18.9. The lowest BCUT2D eigenvalue weighted by atomic mass is 10.0. The molecule has 0 spiro atoms. The number of ether oxygens (including phenoxy) is 1. The van der Waals surface area contributed by atoms with Crippen molar-refractivity contribution in [1.82, 2.24) is 10.6 Å². The van der Waals surface area contributed by atoms with Crippen molar-refractivity contribution >= 4 is 0 Å². The summed E-state index contributed by atoms with van der Waals surface area (Å²) in [4.78, 5) is 0. The van der Waals surface area contributed by atoms with Crippen LogP contribution in [-0.2, 0) is 0 Å². The molecule has 0 aliphatic rings. The molecule has 0 aliphatic heterocycles. The smallest absolute Gasteiger partial charge is 0.118 e. The lowest BCUT2D eigenvalue weighted by molar-refractivity contribution is 0.414. The van der Waals surface area contributed by atoms with E-state index in [0.717, 1.165) is 25.4 Å². The number of aryl methyl sites for hydroxylation is 1. The Morgan fingerprint density at radius 2 is 1.46 bits per heavy atom. The van der Waals surface area contributed by atoms with Crippen molar-refractivity contribution < 1.29 is 4.74 Å². The second kappa shape index (κ2) is 21.2. The highest BCUT2D eigenvalue weighted by Gasteiger charge is 1.97. The van der Waals surface area contributed by atoms with Gasteiger partial charge in [-0.3, -0.25) is 0 Å². The van der Waals surface area contributed by atoms with Gasteiger partial charge in [0.15, 0.2) is 0 Å². The third-order valence-corrected chi connectivity index (χ3v) is 3.70. The second-order valence-electron chi connectivity index (χ2n) is 6.44. The first-order valence-corrected chi connectivity index (χ1v) is 10.1. The van der Waals surface area contributed by atoms with Gasteiger partial charge in [-0.05, 0) is 50.6 Å². The van der Waals surface area contributed by atoms with E-state index in [0.29, 0.717) is 5.92 Å². The fourth-order valence-electron chi connectivity index (χ4n) is 2.04. The van der Waals surface area contributed by atoms with Crippen LogP contribution in [0.25, 0.3) is 0 Å². The molecule has 0 atom stereocenters. The van der Waals surface area contributed by atoms with E-state index in [2.05, 4.69) is 75.8 Å². The number of likely N-dealkylation sites (N-methyl/N-ethyl adjacent to an activating group) is 1. The van der Waals surface area contributed by atoms with E-state index in [1.165, 1.54) is 17.5 Å². The molecule has 158 valence electrons. The molecule has 3 heteroatoms. The van der Waals surface area contributed by atoms with Crippen LogP contribution in [0, 0.1) is 6.92 Å². The van der Waals surface area contributed by atoms with Gasteiger partial charge in [-0.15, -0.1) is 13.2 Å². The predicted octanol–water partition coefficient (Wildman–Crippen LogP) is 5.82. The summed E-state index contributed by atoms with van der Waals surface area (Å²) in [5, 5.41) is 6.34. The van der Waals surface area contributed by atoms with Crippen LogP contribution in [0.15, 0.2) is 67.8 Å². The van der Waals surface area contributed by atoms with E-state index in [1.54, 1.807) is 7.11 Å². The average molecular weight is 387 g/mol. The first kappa shape index (κ1) is 28.1. The Balaban J connectivity index is 0. The maximum atomic E-state index is 5.05. The highest BCUT2D eigenvalue weighted by atomic mass is 16.5. The summed E-state index contributed by atoms with van der Waals surface area (Å²) in [6.45, 7) is 17.9. The molecule has 0 amide bonds. The molecule has 3 nitrogen and oxygen atoms in total. The van der Waals surface area contributed by atoms with E-state index in [4.69, 9.17) is 4.74 Å². The minimum Gasteiger partial charge on any atom is -0.497 e. The van der Waals surface area contributed by atoms with Gasteiger partial charge >= 0.3 is 0 Å². The summed E-state index contributed by atoms with van der Waals surface area (Å²) in [5.74, 6) is 1.52. The molecule has 0 aromatic heterocycles. The monoisotopic (exact) mass is 386 g/mol. The number of methoxy groups -OCH3 is 1. The Morgan fingerprint density at radius 1 is 0.893 bits per heavy atom. The van der Waals surface area contributed by atoms with Crippen molar-refractivity contribution in [2.24, 2.45) is 0 Å². The normalized spacial score (nSPS) is 9.11.